The monoisotopic (exact) mass is 597 g/mol. The second kappa shape index (κ2) is 15.3. The van der Waals surface area contributed by atoms with E-state index in [2.05, 4.69) is 5.32 Å². The number of anilines is 1. The zero-order valence-corrected chi connectivity index (χ0v) is 25.4. The zero-order valence-electron chi connectivity index (χ0n) is 24.6. The number of hydrogen-bond acceptors (Lipinski definition) is 8. The minimum Gasteiger partial charge on any atom is -0.497 e. The summed E-state index contributed by atoms with van der Waals surface area (Å²) in [5.41, 5.74) is 1.52. The van der Waals surface area contributed by atoms with Crippen LogP contribution in [0, 0.1) is 0 Å². The molecule has 3 amide bonds. The van der Waals surface area contributed by atoms with Crippen LogP contribution in [-0.4, -0.2) is 82.5 Å². The van der Waals surface area contributed by atoms with E-state index in [1.54, 1.807) is 62.9 Å². The number of carbonyl (C=O) groups excluding carboxylic acids is 2. The first kappa shape index (κ1) is 31.0. The van der Waals surface area contributed by atoms with E-state index in [-0.39, 0.29) is 18.6 Å². The molecule has 0 spiro atoms. The Morgan fingerprint density at radius 1 is 0.952 bits per heavy atom. The van der Waals surface area contributed by atoms with Crippen LogP contribution in [-0.2, 0) is 22.5 Å². The summed E-state index contributed by atoms with van der Waals surface area (Å²) in [7, 11) is 6.30. The maximum Gasteiger partial charge on any atom is 0.322 e. The van der Waals surface area contributed by atoms with Crippen molar-refractivity contribution in [3.05, 3.63) is 64.4 Å². The van der Waals surface area contributed by atoms with Gasteiger partial charge in [-0.1, -0.05) is 12.1 Å². The molecule has 226 valence electrons. The molecule has 0 bridgehead atoms. The predicted molar refractivity (Wildman–Crippen MR) is 162 cm³/mol. The lowest BCUT2D eigenvalue weighted by Crippen LogP contribution is -2.47. The number of nitrogens with one attached hydrogen (secondary N) is 1. The first-order valence-electron chi connectivity index (χ1n) is 13.8. The molecule has 1 atom stereocenters. The highest BCUT2D eigenvalue weighted by Crippen LogP contribution is 2.28. The fourth-order valence-electron chi connectivity index (χ4n) is 4.78. The predicted octanol–water partition coefficient (Wildman–Crippen LogP) is 5.07. The van der Waals surface area contributed by atoms with Crippen LogP contribution in [0.2, 0.25) is 0 Å². The second-order valence-corrected chi connectivity index (χ2v) is 10.9. The number of benzene rings is 2. The van der Waals surface area contributed by atoms with Gasteiger partial charge < -0.3 is 38.8 Å². The van der Waals surface area contributed by atoms with E-state index in [0.29, 0.717) is 61.3 Å². The van der Waals surface area contributed by atoms with Crippen molar-refractivity contribution in [2.75, 3.05) is 60.0 Å². The summed E-state index contributed by atoms with van der Waals surface area (Å²) in [6.45, 7) is 1.78. The van der Waals surface area contributed by atoms with Crippen LogP contribution >= 0.6 is 11.3 Å². The third kappa shape index (κ3) is 8.53. The average molecular weight is 598 g/mol. The number of methoxy groups -OCH3 is 4. The van der Waals surface area contributed by atoms with Gasteiger partial charge in [-0.2, -0.15) is 0 Å². The van der Waals surface area contributed by atoms with Gasteiger partial charge in [0.15, 0.2) is 11.5 Å². The second-order valence-electron chi connectivity index (χ2n) is 9.88. The van der Waals surface area contributed by atoms with Crippen molar-refractivity contribution < 1.29 is 33.3 Å². The van der Waals surface area contributed by atoms with Gasteiger partial charge >= 0.3 is 6.03 Å². The first-order valence-corrected chi connectivity index (χ1v) is 14.7. The van der Waals surface area contributed by atoms with Gasteiger partial charge in [0.05, 0.1) is 41.1 Å². The van der Waals surface area contributed by atoms with Gasteiger partial charge in [0, 0.05) is 48.5 Å². The molecule has 3 aromatic rings. The Labute approximate surface area is 251 Å². The first-order chi connectivity index (χ1) is 20.4. The van der Waals surface area contributed by atoms with Gasteiger partial charge in [0.1, 0.15) is 18.0 Å². The zero-order chi connectivity index (χ0) is 29.9. The van der Waals surface area contributed by atoms with Crippen molar-refractivity contribution in [3.63, 3.8) is 0 Å². The minimum atomic E-state index is -0.398. The maximum absolute atomic E-state index is 13.8. The molecule has 0 unspecified atom stereocenters. The number of rotatable bonds is 14. The molecule has 0 radical (unpaired) electrons. The van der Waals surface area contributed by atoms with E-state index < -0.39 is 6.03 Å². The van der Waals surface area contributed by atoms with Crippen molar-refractivity contribution in [2.45, 2.75) is 31.9 Å². The van der Waals surface area contributed by atoms with Gasteiger partial charge in [-0.15, -0.1) is 11.3 Å². The summed E-state index contributed by atoms with van der Waals surface area (Å²) in [6, 6.07) is 14.5. The Balaban J connectivity index is 1.51. The smallest absolute Gasteiger partial charge is 0.322 e. The summed E-state index contributed by atoms with van der Waals surface area (Å²) in [5, 5.41) is 4.91. The van der Waals surface area contributed by atoms with Gasteiger partial charge in [0.25, 0.3) is 0 Å². The van der Waals surface area contributed by atoms with Crippen molar-refractivity contribution in [1.29, 1.82) is 0 Å². The molecule has 1 saturated heterocycles. The molecule has 11 heteroatoms. The molecular weight excluding hydrogens is 558 g/mol. The average Bonchev–Trinajstić information content (AvgIpc) is 3.73. The third-order valence-electron chi connectivity index (χ3n) is 7.06. The molecule has 2 aromatic carbocycles. The molecule has 2 heterocycles. The number of amides is 3. The molecule has 1 fully saturated rings. The SMILES string of the molecule is COc1cc(NC(=O)N(CC(=O)N(CCc2ccc(OC)c(OC)c2)Cc2cccs2)C[C@H]2CCCO2)cc(OC)c1. The molecule has 1 aliphatic heterocycles. The largest absolute Gasteiger partial charge is 0.497 e. The molecule has 1 aromatic heterocycles. The van der Waals surface area contributed by atoms with E-state index in [4.69, 9.17) is 23.7 Å². The highest BCUT2D eigenvalue weighted by molar-refractivity contribution is 7.09. The highest BCUT2D eigenvalue weighted by atomic mass is 32.1. The van der Waals surface area contributed by atoms with Crippen LogP contribution in [0.1, 0.15) is 23.3 Å². The molecule has 42 heavy (non-hydrogen) atoms. The molecule has 0 saturated carbocycles. The Hall–Kier alpha value is -3.96. The van der Waals surface area contributed by atoms with Gasteiger partial charge in [-0.3, -0.25) is 4.79 Å². The Morgan fingerprint density at radius 3 is 2.33 bits per heavy atom. The standard InChI is InChI=1S/C31H39N3O7S/c1-37-25-16-23(17-26(18-25)38-2)32-31(36)34(19-24-7-5-13-41-24)21-30(35)33(20-27-8-6-14-42-27)12-11-22-9-10-28(39-3)29(15-22)40-4/h6,8-10,14-18,24H,5,7,11-13,19-21H2,1-4H3,(H,32,36)/t24-/m1/s1. The number of carbonyl (C=O) groups is 2. The van der Waals surface area contributed by atoms with E-state index in [1.807, 2.05) is 35.7 Å². The van der Waals surface area contributed by atoms with E-state index in [9.17, 15) is 9.59 Å². The molecular formula is C31H39N3O7S. The normalized spacial score (nSPS) is 14.2. The summed E-state index contributed by atoms with van der Waals surface area (Å²) in [5.74, 6) is 2.23. The fraction of sp³-hybridized carbons (Fsp3) is 0.419. The lowest BCUT2D eigenvalue weighted by Gasteiger charge is -2.29. The van der Waals surface area contributed by atoms with E-state index in [0.717, 1.165) is 23.3 Å². The quantitative estimate of drug-likeness (QED) is 0.277. The van der Waals surface area contributed by atoms with Crippen LogP contribution in [0.15, 0.2) is 53.9 Å². The van der Waals surface area contributed by atoms with E-state index >= 15 is 0 Å². The van der Waals surface area contributed by atoms with Gasteiger partial charge in [0.2, 0.25) is 5.91 Å². The van der Waals surface area contributed by atoms with Crippen molar-refractivity contribution in [1.82, 2.24) is 9.80 Å². The molecule has 0 aliphatic carbocycles. The number of ether oxygens (including phenoxy) is 5. The molecule has 10 nitrogen and oxygen atoms in total. The fourth-order valence-corrected chi connectivity index (χ4v) is 5.50. The Morgan fingerprint density at radius 2 is 1.71 bits per heavy atom. The Bertz CT molecular complexity index is 1290. The van der Waals surface area contributed by atoms with E-state index in [1.165, 1.54) is 4.90 Å². The van der Waals surface area contributed by atoms with Gasteiger partial charge in [-0.25, -0.2) is 4.79 Å². The van der Waals surface area contributed by atoms with Crippen molar-refractivity contribution in [3.8, 4) is 23.0 Å². The van der Waals surface area contributed by atoms with Crippen LogP contribution in [0.3, 0.4) is 0 Å². The van der Waals surface area contributed by atoms with Crippen molar-refractivity contribution in [2.24, 2.45) is 0 Å². The number of nitrogens with zero attached hydrogens (tertiary/aromatic N) is 2. The van der Waals surface area contributed by atoms with Crippen molar-refractivity contribution >= 4 is 29.0 Å². The maximum atomic E-state index is 13.8. The van der Waals surface area contributed by atoms with Crippen LogP contribution in [0.5, 0.6) is 23.0 Å². The molecule has 1 aliphatic rings. The lowest BCUT2D eigenvalue weighted by atomic mass is 10.1. The lowest BCUT2D eigenvalue weighted by molar-refractivity contribution is -0.132. The molecule has 4 rings (SSSR count). The topological polar surface area (TPSA) is 98.8 Å². The number of urea groups is 1. The van der Waals surface area contributed by atoms with Crippen LogP contribution < -0.4 is 24.3 Å². The van der Waals surface area contributed by atoms with Gasteiger partial charge in [-0.05, 0) is 48.4 Å². The Kier molecular flexibility index (Phi) is 11.3. The molecule has 1 N–H and O–H groups in total. The van der Waals surface area contributed by atoms with Crippen LogP contribution in [0.4, 0.5) is 10.5 Å². The minimum absolute atomic E-state index is 0.0931. The highest BCUT2D eigenvalue weighted by Gasteiger charge is 2.27. The summed E-state index contributed by atoms with van der Waals surface area (Å²) >= 11 is 1.59. The summed E-state index contributed by atoms with van der Waals surface area (Å²) in [6.07, 6.45) is 2.25. The third-order valence-corrected chi connectivity index (χ3v) is 7.92. The number of thiophene rings is 1. The summed E-state index contributed by atoms with van der Waals surface area (Å²) in [4.78, 5) is 31.8. The number of hydrogen-bond donors (Lipinski definition) is 1. The van der Waals surface area contributed by atoms with Crippen LogP contribution in [0.25, 0.3) is 0 Å². The summed E-state index contributed by atoms with van der Waals surface area (Å²) < 4.78 is 27.3.